The predicted molar refractivity (Wildman–Crippen MR) is 92.0 cm³/mol. The van der Waals surface area contributed by atoms with E-state index in [1.54, 1.807) is 13.0 Å². The minimum atomic E-state index is -0.628. The molecule has 24 heavy (non-hydrogen) atoms. The van der Waals surface area contributed by atoms with Crippen molar-refractivity contribution < 1.29 is 14.0 Å². The van der Waals surface area contributed by atoms with Crippen molar-refractivity contribution in [3.8, 4) is 0 Å². The number of rotatable bonds is 4. The number of nitrogens with one attached hydrogen (secondary N) is 2. The zero-order chi connectivity index (χ0) is 17.9. The quantitative estimate of drug-likeness (QED) is 0.800. The molecule has 0 radical (unpaired) electrons. The van der Waals surface area contributed by atoms with Crippen LogP contribution in [0.25, 0.3) is 0 Å². The van der Waals surface area contributed by atoms with E-state index >= 15 is 0 Å². The monoisotopic (exact) mass is 369 g/mol. The molecule has 1 aromatic heterocycles. The molecule has 0 unspecified atom stereocenters. The molecule has 0 spiro atoms. The second-order valence-corrected chi connectivity index (χ2v) is 5.88. The van der Waals surface area contributed by atoms with Crippen molar-refractivity contribution >= 4 is 46.4 Å². The van der Waals surface area contributed by atoms with Gasteiger partial charge in [-0.2, -0.15) is 0 Å². The van der Waals surface area contributed by atoms with Gasteiger partial charge in [0.15, 0.2) is 0 Å². The van der Waals surface area contributed by atoms with Crippen LogP contribution in [0.1, 0.15) is 18.2 Å². The molecule has 2 amide bonds. The van der Waals surface area contributed by atoms with E-state index in [1.165, 1.54) is 19.1 Å². The third kappa shape index (κ3) is 4.66. The first-order chi connectivity index (χ1) is 11.3. The first-order valence-corrected chi connectivity index (χ1v) is 7.70. The van der Waals surface area contributed by atoms with E-state index in [2.05, 4.69) is 15.6 Å². The topological polar surface area (TPSA) is 71.1 Å². The number of nitrogens with zero attached hydrogens (tertiary/aromatic N) is 1. The summed E-state index contributed by atoms with van der Waals surface area (Å²) in [6.45, 7) is 3.06. The Balaban J connectivity index is 2.17. The van der Waals surface area contributed by atoms with Gasteiger partial charge in [-0.1, -0.05) is 23.2 Å². The minimum absolute atomic E-state index is 0.0569. The second-order valence-electron chi connectivity index (χ2n) is 5.12. The smallest absolute Gasteiger partial charge is 0.229 e. The summed E-state index contributed by atoms with van der Waals surface area (Å²) in [4.78, 5) is 27.2. The van der Waals surface area contributed by atoms with Gasteiger partial charge in [0.1, 0.15) is 11.0 Å². The molecule has 126 valence electrons. The summed E-state index contributed by atoms with van der Waals surface area (Å²) < 4.78 is 13.8. The van der Waals surface area contributed by atoms with E-state index in [1.807, 2.05) is 0 Å². The van der Waals surface area contributed by atoms with Crippen molar-refractivity contribution in [2.24, 2.45) is 0 Å². The molecule has 0 saturated carbocycles. The normalized spacial score (nSPS) is 10.4. The van der Waals surface area contributed by atoms with Crippen LogP contribution in [0.3, 0.4) is 0 Å². The van der Waals surface area contributed by atoms with Gasteiger partial charge in [0, 0.05) is 28.9 Å². The maximum Gasteiger partial charge on any atom is 0.229 e. The Bertz CT molecular complexity index is 789. The fourth-order valence-corrected chi connectivity index (χ4v) is 2.70. The van der Waals surface area contributed by atoms with Gasteiger partial charge in [-0.25, -0.2) is 9.37 Å². The number of aryl methyl sites for hydroxylation is 1. The molecule has 2 aromatic rings. The van der Waals surface area contributed by atoms with E-state index in [-0.39, 0.29) is 23.2 Å². The lowest BCUT2D eigenvalue weighted by Crippen LogP contribution is -2.16. The van der Waals surface area contributed by atoms with Gasteiger partial charge in [-0.3, -0.25) is 9.59 Å². The molecule has 0 aliphatic heterocycles. The standard InChI is InChI=1S/C16H14Cl2FN3O2/c1-8-5-12(17)11(16(18)20-8)7-15(24)22-14-6-10(21-9(2)23)3-4-13(14)19/h3-6H,7H2,1-2H3,(H,21,23)(H,22,24). The molecule has 0 fully saturated rings. The summed E-state index contributed by atoms with van der Waals surface area (Å²) >= 11 is 12.1. The molecule has 2 rings (SSSR count). The van der Waals surface area contributed by atoms with Gasteiger partial charge in [0.25, 0.3) is 0 Å². The van der Waals surface area contributed by atoms with Crippen LogP contribution in [0.2, 0.25) is 10.2 Å². The van der Waals surface area contributed by atoms with Crippen LogP contribution >= 0.6 is 23.2 Å². The zero-order valence-electron chi connectivity index (χ0n) is 12.9. The Morgan fingerprint density at radius 2 is 1.92 bits per heavy atom. The summed E-state index contributed by atoms with van der Waals surface area (Å²) in [6.07, 6.45) is -0.158. The van der Waals surface area contributed by atoms with E-state index in [0.717, 1.165) is 6.07 Å². The third-order valence-corrected chi connectivity index (χ3v) is 3.70. The van der Waals surface area contributed by atoms with Crippen molar-refractivity contribution in [3.63, 3.8) is 0 Å². The average Bonchev–Trinajstić information content (AvgIpc) is 2.46. The molecular weight excluding hydrogens is 356 g/mol. The summed E-state index contributed by atoms with van der Waals surface area (Å²) in [5.41, 5.74) is 1.30. The van der Waals surface area contributed by atoms with Crippen molar-refractivity contribution in [2.75, 3.05) is 10.6 Å². The zero-order valence-corrected chi connectivity index (χ0v) is 14.4. The van der Waals surface area contributed by atoms with Crippen LogP contribution in [-0.4, -0.2) is 16.8 Å². The van der Waals surface area contributed by atoms with Crippen LogP contribution < -0.4 is 10.6 Å². The van der Waals surface area contributed by atoms with Crippen LogP contribution in [-0.2, 0) is 16.0 Å². The number of carbonyl (C=O) groups is 2. The number of pyridine rings is 1. The Morgan fingerprint density at radius 1 is 1.21 bits per heavy atom. The van der Waals surface area contributed by atoms with Crippen molar-refractivity contribution in [1.82, 2.24) is 4.98 Å². The average molecular weight is 370 g/mol. The van der Waals surface area contributed by atoms with Gasteiger partial charge < -0.3 is 10.6 Å². The van der Waals surface area contributed by atoms with Crippen molar-refractivity contribution in [2.45, 2.75) is 20.3 Å². The fourth-order valence-electron chi connectivity index (χ4n) is 2.04. The molecular formula is C16H14Cl2FN3O2. The lowest BCUT2D eigenvalue weighted by Gasteiger charge is -2.11. The third-order valence-electron chi connectivity index (χ3n) is 3.05. The predicted octanol–water partition coefficient (Wildman–Crippen LogP) is 3.98. The van der Waals surface area contributed by atoms with Crippen LogP contribution in [0.4, 0.5) is 15.8 Å². The molecule has 0 saturated heterocycles. The molecule has 8 heteroatoms. The highest BCUT2D eigenvalue weighted by molar-refractivity contribution is 6.35. The van der Waals surface area contributed by atoms with Crippen LogP contribution in [0.5, 0.6) is 0 Å². The molecule has 0 atom stereocenters. The number of aromatic nitrogens is 1. The molecule has 1 heterocycles. The molecule has 0 bridgehead atoms. The minimum Gasteiger partial charge on any atom is -0.326 e. The van der Waals surface area contributed by atoms with Gasteiger partial charge in [-0.15, -0.1) is 0 Å². The molecule has 1 aromatic carbocycles. The first kappa shape index (κ1) is 18.2. The van der Waals surface area contributed by atoms with Gasteiger partial charge in [-0.05, 0) is 31.2 Å². The number of anilines is 2. The SMILES string of the molecule is CC(=O)Nc1ccc(F)c(NC(=O)Cc2c(Cl)cc(C)nc2Cl)c1. The molecule has 2 N–H and O–H groups in total. The number of halogens is 3. The second kappa shape index (κ2) is 7.59. The number of hydrogen-bond donors (Lipinski definition) is 2. The summed E-state index contributed by atoms with van der Waals surface area (Å²) in [5, 5.41) is 5.38. The highest BCUT2D eigenvalue weighted by Gasteiger charge is 2.15. The van der Waals surface area contributed by atoms with Gasteiger partial charge in [0.2, 0.25) is 11.8 Å². The Labute approximate surface area is 148 Å². The number of amides is 2. The fraction of sp³-hybridized carbons (Fsp3) is 0.188. The van der Waals surface area contributed by atoms with Gasteiger partial charge in [0.05, 0.1) is 12.1 Å². The van der Waals surface area contributed by atoms with Crippen LogP contribution in [0, 0.1) is 12.7 Å². The van der Waals surface area contributed by atoms with E-state index in [9.17, 15) is 14.0 Å². The number of benzene rings is 1. The first-order valence-electron chi connectivity index (χ1n) is 6.94. The number of hydrogen-bond acceptors (Lipinski definition) is 3. The van der Waals surface area contributed by atoms with Crippen LogP contribution in [0.15, 0.2) is 24.3 Å². The van der Waals surface area contributed by atoms with E-state index < -0.39 is 11.7 Å². The van der Waals surface area contributed by atoms with Crippen molar-refractivity contribution in [1.29, 1.82) is 0 Å². The molecule has 0 aliphatic rings. The number of carbonyl (C=O) groups excluding carboxylic acids is 2. The Kier molecular flexibility index (Phi) is 5.75. The Morgan fingerprint density at radius 3 is 2.54 bits per heavy atom. The van der Waals surface area contributed by atoms with E-state index in [0.29, 0.717) is 22.0 Å². The van der Waals surface area contributed by atoms with E-state index in [4.69, 9.17) is 23.2 Å². The lowest BCUT2D eigenvalue weighted by atomic mass is 10.1. The molecule has 5 nitrogen and oxygen atoms in total. The Hall–Kier alpha value is -2.18. The van der Waals surface area contributed by atoms with Crippen molar-refractivity contribution in [3.05, 3.63) is 51.5 Å². The maximum atomic E-state index is 13.8. The highest BCUT2D eigenvalue weighted by atomic mass is 35.5. The summed E-state index contributed by atoms with van der Waals surface area (Å²) in [5.74, 6) is -1.44. The summed E-state index contributed by atoms with van der Waals surface area (Å²) in [6, 6.07) is 5.46. The maximum absolute atomic E-state index is 13.8. The summed E-state index contributed by atoms with van der Waals surface area (Å²) in [7, 11) is 0. The highest BCUT2D eigenvalue weighted by Crippen LogP contribution is 2.25. The lowest BCUT2D eigenvalue weighted by molar-refractivity contribution is -0.116. The molecule has 0 aliphatic carbocycles. The largest absolute Gasteiger partial charge is 0.326 e. The van der Waals surface area contributed by atoms with Gasteiger partial charge >= 0.3 is 0 Å².